The molecule has 0 saturated carbocycles. The molecule has 1 aliphatic heterocycles. The van der Waals surface area contributed by atoms with E-state index >= 15 is 0 Å². The molecule has 0 spiro atoms. The number of pyridine rings is 1. The number of aromatic hydroxyl groups is 1. The van der Waals surface area contributed by atoms with Crippen molar-refractivity contribution < 1.29 is 13.5 Å². The van der Waals surface area contributed by atoms with Crippen LogP contribution in [0, 0.1) is 0 Å². The minimum atomic E-state index is -2.90. The highest BCUT2D eigenvalue weighted by atomic mass is 32.2. The first kappa shape index (κ1) is 14.3. The molecule has 6 heteroatoms. The predicted octanol–water partition coefficient (Wildman–Crippen LogP) is 1.56. The van der Waals surface area contributed by atoms with Gasteiger partial charge < -0.3 is 5.11 Å². The third-order valence-electron chi connectivity index (χ3n) is 4.15. The van der Waals surface area contributed by atoms with Crippen LogP contribution in [0.1, 0.15) is 12.0 Å². The Kier molecular flexibility index (Phi) is 3.59. The number of aromatic nitrogens is 1. The molecular formula is C15H18N2O3S. The summed E-state index contributed by atoms with van der Waals surface area (Å²) in [5, 5.41) is 12.1. The van der Waals surface area contributed by atoms with Gasteiger partial charge in [0.1, 0.15) is 5.75 Å². The highest BCUT2D eigenvalue weighted by Gasteiger charge is 2.30. The molecule has 1 atom stereocenters. The van der Waals surface area contributed by atoms with Crippen molar-refractivity contribution >= 4 is 20.6 Å². The summed E-state index contributed by atoms with van der Waals surface area (Å²) in [7, 11) is -0.999. The second kappa shape index (κ2) is 5.27. The molecule has 1 fully saturated rings. The molecule has 1 N–H and O–H groups in total. The van der Waals surface area contributed by atoms with Gasteiger partial charge >= 0.3 is 0 Å². The average molecular weight is 306 g/mol. The van der Waals surface area contributed by atoms with Gasteiger partial charge in [0.25, 0.3) is 0 Å². The second-order valence-electron chi connectivity index (χ2n) is 5.63. The first-order valence-electron chi connectivity index (χ1n) is 6.91. The van der Waals surface area contributed by atoms with E-state index in [0.717, 1.165) is 16.3 Å². The summed E-state index contributed by atoms with van der Waals surface area (Å²) in [5.41, 5.74) is 0.799. The molecule has 2 heterocycles. The quantitative estimate of drug-likeness (QED) is 0.932. The lowest BCUT2D eigenvalue weighted by Gasteiger charge is -2.24. The summed E-state index contributed by atoms with van der Waals surface area (Å²) >= 11 is 0. The van der Waals surface area contributed by atoms with Crippen LogP contribution in [-0.4, -0.2) is 48.0 Å². The Labute approximate surface area is 124 Å². The lowest BCUT2D eigenvalue weighted by Crippen LogP contribution is -2.32. The van der Waals surface area contributed by atoms with Gasteiger partial charge in [0.15, 0.2) is 9.84 Å². The lowest BCUT2D eigenvalue weighted by molar-refractivity contribution is 0.251. The van der Waals surface area contributed by atoms with Crippen molar-refractivity contribution in [1.29, 1.82) is 0 Å². The number of rotatable bonds is 3. The Hall–Kier alpha value is -1.66. The van der Waals surface area contributed by atoms with Gasteiger partial charge in [0, 0.05) is 35.9 Å². The molecule has 0 amide bonds. The number of phenols is 1. The Balaban J connectivity index is 1.89. The van der Waals surface area contributed by atoms with Crippen molar-refractivity contribution in [3.63, 3.8) is 0 Å². The molecular weight excluding hydrogens is 288 g/mol. The number of hydrogen-bond donors (Lipinski definition) is 1. The number of nitrogens with zero attached hydrogens (tertiary/aromatic N) is 2. The molecule has 112 valence electrons. The maximum absolute atomic E-state index is 11.6. The van der Waals surface area contributed by atoms with Crippen molar-refractivity contribution in [2.45, 2.75) is 19.0 Å². The molecule has 1 saturated heterocycles. The molecule has 5 nitrogen and oxygen atoms in total. The van der Waals surface area contributed by atoms with Gasteiger partial charge in [-0.15, -0.1) is 0 Å². The molecule has 1 unspecified atom stereocenters. The van der Waals surface area contributed by atoms with Gasteiger partial charge in [-0.05, 0) is 31.0 Å². The van der Waals surface area contributed by atoms with Gasteiger partial charge in [-0.1, -0.05) is 6.07 Å². The molecule has 1 aliphatic rings. The van der Waals surface area contributed by atoms with Crippen LogP contribution in [0.25, 0.3) is 10.8 Å². The minimum absolute atomic E-state index is 0.0151. The van der Waals surface area contributed by atoms with E-state index in [4.69, 9.17) is 0 Å². The van der Waals surface area contributed by atoms with Crippen molar-refractivity contribution in [1.82, 2.24) is 9.88 Å². The SMILES string of the molecule is CN(Cc1c(O)ccc2ccncc12)C1CCS(=O)(=O)C1. The summed E-state index contributed by atoms with van der Waals surface area (Å²) in [6.45, 7) is 0.509. The first-order chi connectivity index (χ1) is 9.96. The predicted molar refractivity (Wildman–Crippen MR) is 81.9 cm³/mol. The molecule has 1 aromatic heterocycles. The van der Waals surface area contributed by atoms with Crippen LogP contribution in [0.15, 0.2) is 30.6 Å². The van der Waals surface area contributed by atoms with E-state index in [1.165, 1.54) is 0 Å². The van der Waals surface area contributed by atoms with Gasteiger partial charge in [0.05, 0.1) is 11.5 Å². The zero-order valence-electron chi connectivity index (χ0n) is 11.9. The minimum Gasteiger partial charge on any atom is -0.508 e. The van der Waals surface area contributed by atoms with Crippen molar-refractivity contribution in [3.05, 3.63) is 36.2 Å². The van der Waals surface area contributed by atoms with Crippen LogP contribution >= 0.6 is 0 Å². The molecule has 3 rings (SSSR count). The first-order valence-corrected chi connectivity index (χ1v) is 8.74. The third kappa shape index (κ3) is 2.87. The standard InChI is InChI=1S/C15H18N2O3S/c1-17(12-5-7-21(19,20)10-12)9-14-13-8-16-6-4-11(13)2-3-15(14)18/h2-4,6,8,12,18H,5,7,9-10H2,1H3. The lowest BCUT2D eigenvalue weighted by atomic mass is 10.0. The van der Waals surface area contributed by atoms with Crippen LogP contribution in [0.2, 0.25) is 0 Å². The molecule has 2 aromatic rings. The summed E-state index contributed by atoms with van der Waals surface area (Å²) in [4.78, 5) is 6.12. The monoisotopic (exact) mass is 306 g/mol. The van der Waals surface area contributed by atoms with Crippen molar-refractivity contribution in [3.8, 4) is 5.75 Å². The zero-order valence-corrected chi connectivity index (χ0v) is 12.7. The van der Waals surface area contributed by atoms with E-state index in [1.807, 2.05) is 24.1 Å². The Bertz CT molecular complexity index is 774. The molecule has 21 heavy (non-hydrogen) atoms. The maximum Gasteiger partial charge on any atom is 0.151 e. The Morgan fingerprint density at radius 1 is 1.38 bits per heavy atom. The van der Waals surface area contributed by atoms with Gasteiger partial charge in [-0.3, -0.25) is 9.88 Å². The Morgan fingerprint density at radius 3 is 2.90 bits per heavy atom. The van der Waals surface area contributed by atoms with E-state index in [2.05, 4.69) is 4.98 Å². The number of fused-ring (bicyclic) bond motifs is 1. The van der Waals surface area contributed by atoms with Gasteiger partial charge in [-0.25, -0.2) is 8.42 Å². The smallest absolute Gasteiger partial charge is 0.151 e. The molecule has 1 aromatic carbocycles. The fourth-order valence-corrected chi connectivity index (χ4v) is 4.68. The maximum atomic E-state index is 11.6. The molecule has 0 aliphatic carbocycles. The molecule has 0 bridgehead atoms. The highest BCUT2D eigenvalue weighted by molar-refractivity contribution is 7.91. The van der Waals surface area contributed by atoms with Gasteiger partial charge in [-0.2, -0.15) is 0 Å². The number of sulfone groups is 1. The topological polar surface area (TPSA) is 70.5 Å². The van der Waals surface area contributed by atoms with E-state index in [1.54, 1.807) is 18.5 Å². The van der Waals surface area contributed by atoms with Crippen LogP contribution in [0.4, 0.5) is 0 Å². The fourth-order valence-electron chi connectivity index (χ4n) is 2.88. The number of hydrogen-bond acceptors (Lipinski definition) is 5. The summed E-state index contributed by atoms with van der Waals surface area (Å²) in [6, 6.07) is 5.45. The average Bonchev–Trinajstić information content (AvgIpc) is 2.82. The van der Waals surface area contributed by atoms with Gasteiger partial charge in [0.2, 0.25) is 0 Å². The zero-order chi connectivity index (χ0) is 15.0. The Morgan fingerprint density at radius 2 is 2.19 bits per heavy atom. The largest absolute Gasteiger partial charge is 0.508 e. The van der Waals surface area contributed by atoms with Crippen molar-refractivity contribution in [2.24, 2.45) is 0 Å². The van der Waals surface area contributed by atoms with Crippen LogP contribution in [0.5, 0.6) is 5.75 Å². The van der Waals surface area contributed by atoms with Crippen LogP contribution < -0.4 is 0 Å². The molecule has 0 radical (unpaired) electrons. The van der Waals surface area contributed by atoms with Crippen LogP contribution in [-0.2, 0) is 16.4 Å². The highest BCUT2D eigenvalue weighted by Crippen LogP contribution is 2.29. The normalized spacial score (nSPS) is 21.1. The summed E-state index contributed by atoms with van der Waals surface area (Å²) in [6.07, 6.45) is 4.11. The fraction of sp³-hybridized carbons (Fsp3) is 0.400. The summed E-state index contributed by atoms with van der Waals surface area (Å²) < 4.78 is 23.2. The van der Waals surface area contributed by atoms with E-state index in [0.29, 0.717) is 13.0 Å². The number of phenolic OH excluding ortho intramolecular Hbond substituents is 1. The third-order valence-corrected chi connectivity index (χ3v) is 5.90. The van der Waals surface area contributed by atoms with Crippen molar-refractivity contribution in [2.75, 3.05) is 18.6 Å². The van der Waals surface area contributed by atoms with E-state index < -0.39 is 9.84 Å². The van der Waals surface area contributed by atoms with Crippen LogP contribution in [0.3, 0.4) is 0 Å². The van der Waals surface area contributed by atoms with E-state index in [-0.39, 0.29) is 23.3 Å². The number of benzene rings is 1. The van der Waals surface area contributed by atoms with E-state index in [9.17, 15) is 13.5 Å². The second-order valence-corrected chi connectivity index (χ2v) is 7.86. The summed E-state index contributed by atoms with van der Waals surface area (Å²) in [5.74, 6) is 0.682.